The molecule has 4 nitrogen and oxygen atoms in total. The summed E-state index contributed by atoms with van der Waals surface area (Å²) < 4.78 is 6.09. The number of anilines is 1. The van der Waals surface area contributed by atoms with E-state index in [1.807, 2.05) is 17.5 Å². The predicted octanol–water partition coefficient (Wildman–Crippen LogP) is 4.41. The van der Waals surface area contributed by atoms with Gasteiger partial charge in [-0.2, -0.15) is 0 Å². The maximum atomic E-state index is 6.09. The molecule has 1 aromatic carbocycles. The quantitative estimate of drug-likeness (QED) is 0.761. The Labute approximate surface area is 133 Å². The zero-order valence-corrected chi connectivity index (χ0v) is 13.4. The summed E-state index contributed by atoms with van der Waals surface area (Å²) in [6.45, 7) is 4.25. The van der Waals surface area contributed by atoms with Gasteiger partial charge in [-0.25, -0.2) is 9.97 Å². The van der Waals surface area contributed by atoms with Gasteiger partial charge in [0.15, 0.2) is 0 Å². The van der Waals surface area contributed by atoms with Crippen LogP contribution >= 0.6 is 11.3 Å². The summed E-state index contributed by atoms with van der Waals surface area (Å²) in [7, 11) is 0. The normalized spacial score (nSPS) is 19.5. The summed E-state index contributed by atoms with van der Waals surface area (Å²) in [5.41, 5.74) is 0.983. The van der Waals surface area contributed by atoms with Crippen LogP contribution in [0, 0.1) is 0 Å². The van der Waals surface area contributed by atoms with E-state index in [4.69, 9.17) is 4.74 Å². The zero-order valence-electron chi connectivity index (χ0n) is 12.5. The van der Waals surface area contributed by atoms with Gasteiger partial charge in [0.2, 0.25) is 0 Å². The molecule has 3 aromatic rings. The number of aromatic nitrogens is 2. The molecule has 1 unspecified atom stereocenters. The molecule has 0 bridgehead atoms. The minimum atomic E-state index is -0.202. The molecule has 112 valence electrons. The van der Waals surface area contributed by atoms with Crippen LogP contribution in [0.3, 0.4) is 0 Å². The monoisotopic (exact) mass is 311 g/mol. The predicted molar refractivity (Wildman–Crippen MR) is 89.5 cm³/mol. The van der Waals surface area contributed by atoms with Gasteiger partial charge in [-0.3, -0.25) is 0 Å². The molecule has 4 rings (SSSR count). The number of nitrogens with one attached hydrogen (secondary N) is 1. The summed E-state index contributed by atoms with van der Waals surface area (Å²) in [5, 5.41) is 6.72. The van der Waals surface area contributed by atoms with Crippen molar-refractivity contribution in [1.29, 1.82) is 0 Å². The molecule has 1 N–H and O–H groups in total. The van der Waals surface area contributed by atoms with Crippen molar-refractivity contribution in [3.63, 3.8) is 0 Å². The van der Waals surface area contributed by atoms with Crippen LogP contribution in [-0.2, 0) is 0 Å². The highest BCUT2D eigenvalue weighted by Gasteiger charge is 2.33. The molecule has 5 heteroatoms. The maximum absolute atomic E-state index is 6.09. The highest BCUT2D eigenvalue weighted by atomic mass is 32.1. The average molecular weight is 311 g/mol. The molecule has 0 aliphatic carbocycles. The van der Waals surface area contributed by atoms with Crippen molar-refractivity contribution in [1.82, 2.24) is 9.97 Å². The third-order valence-electron chi connectivity index (χ3n) is 3.95. The number of hydrogen-bond acceptors (Lipinski definition) is 5. The van der Waals surface area contributed by atoms with Crippen molar-refractivity contribution < 1.29 is 4.74 Å². The molecule has 0 saturated heterocycles. The Kier molecular flexibility index (Phi) is 3.04. The van der Waals surface area contributed by atoms with Crippen LogP contribution in [0.4, 0.5) is 5.82 Å². The highest BCUT2D eigenvalue weighted by molar-refractivity contribution is 7.16. The second kappa shape index (κ2) is 4.95. The van der Waals surface area contributed by atoms with Crippen LogP contribution in [0.15, 0.2) is 42.0 Å². The third-order valence-corrected chi connectivity index (χ3v) is 4.77. The number of thiophene rings is 1. The maximum Gasteiger partial charge on any atom is 0.138 e. The number of ether oxygens (including phenoxy) is 1. The minimum absolute atomic E-state index is 0.179. The Morgan fingerprint density at radius 3 is 3.00 bits per heavy atom. The van der Waals surface area contributed by atoms with Gasteiger partial charge in [-0.1, -0.05) is 18.2 Å². The SMILES string of the molecule is CC1(C)CC(Nc2ncnc3sccc23)c2ccccc2O1. The van der Waals surface area contributed by atoms with E-state index >= 15 is 0 Å². The van der Waals surface area contributed by atoms with Gasteiger partial charge in [0.25, 0.3) is 0 Å². The second-order valence-electron chi connectivity index (χ2n) is 6.16. The molecule has 1 atom stereocenters. The van der Waals surface area contributed by atoms with Gasteiger partial charge in [0, 0.05) is 12.0 Å². The van der Waals surface area contributed by atoms with E-state index in [2.05, 4.69) is 47.3 Å². The van der Waals surface area contributed by atoms with Crippen LogP contribution in [-0.4, -0.2) is 15.6 Å². The lowest BCUT2D eigenvalue weighted by Gasteiger charge is -2.38. The van der Waals surface area contributed by atoms with Crippen LogP contribution in [0.5, 0.6) is 5.75 Å². The van der Waals surface area contributed by atoms with Crippen molar-refractivity contribution in [2.24, 2.45) is 0 Å². The number of rotatable bonds is 2. The average Bonchev–Trinajstić information content (AvgIpc) is 2.95. The molecule has 22 heavy (non-hydrogen) atoms. The first-order chi connectivity index (χ1) is 10.6. The fraction of sp³-hybridized carbons (Fsp3) is 0.294. The largest absolute Gasteiger partial charge is 0.487 e. The van der Waals surface area contributed by atoms with E-state index in [1.54, 1.807) is 17.7 Å². The summed E-state index contributed by atoms with van der Waals surface area (Å²) in [4.78, 5) is 9.76. The molecular weight excluding hydrogens is 294 g/mol. The molecule has 0 spiro atoms. The first-order valence-electron chi connectivity index (χ1n) is 7.35. The van der Waals surface area contributed by atoms with Gasteiger partial charge in [0.1, 0.15) is 28.3 Å². The lowest BCUT2D eigenvalue weighted by molar-refractivity contribution is 0.0759. The van der Waals surface area contributed by atoms with E-state index in [9.17, 15) is 0 Å². The minimum Gasteiger partial charge on any atom is -0.487 e. The lowest BCUT2D eigenvalue weighted by Crippen LogP contribution is -2.37. The van der Waals surface area contributed by atoms with Crippen molar-refractivity contribution in [3.05, 3.63) is 47.6 Å². The first kappa shape index (κ1) is 13.5. The number of fused-ring (bicyclic) bond motifs is 2. The molecule has 1 aliphatic rings. The smallest absolute Gasteiger partial charge is 0.138 e. The van der Waals surface area contributed by atoms with Gasteiger partial charge in [-0.15, -0.1) is 11.3 Å². The number of hydrogen-bond donors (Lipinski definition) is 1. The lowest BCUT2D eigenvalue weighted by atomic mass is 9.89. The topological polar surface area (TPSA) is 47.0 Å². The van der Waals surface area contributed by atoms with Gasteiger partial charge in [-0.05, 0) is 31.4 Å². The fourth-order valence-corrected chi connectivity index (χ4v) is 3.73. The molecule has 2 aromatic heterocycles. The number of benzene rings is 1. The third kappa shape index (κ3) is 2.31. The van der Waals surface area contributed by atoms with Gasteiger partial charge >= 0.3 is 0 Å². The van der Waals surface area contributed by atoms with E-state index < -0.39 is 0 Å². The number of para-hydroxylation sites is 1. The van der Waals surface area contributed by atoms with Crippen LogP contribution in [0.1, 0.15) is 31.9 Å². The number of nitrogens with zero attached hydrogens (tertiary/aromatic N) is 2. The Hall–Kier alpha value is -2.14. The molecular formula is C17H17N3OS. The Bertz CT molecular complexity index is 827. The summed E-state index contributed by atoms with van der Waals surface area (Å²) in [6.07, 6.45) is 2.51. The van der Waals surface area contributed by atoms with Gasteiger partial charge < -0.3 is 10.1 Å². The van der Waals surface area contributed by atoms with Crippen molar-refractivity contribution in [2.45, 2.75) is 31.9 Å². The molecule has 0 radical (unpaired) electrons. The van der Waals surface area contributed by atoms with Gasteiger partial charge in [0.05, 0.1) is 11.4 Å². The molecule has 0 fully saturated rings. The van der Waals surface area contributed by atoms with Crippen LogP contribution < -0.4 is 10.1 Å². The zero-order chi connectivity index (χ0) is 15.2. The Balaban J connectivity index is 1.75. The standard InChI is InChI=1S/C17H17N3OS/c1-17(2)9-13(11-5-3-4-6-14(11)21-17)20-15-12-7-8-22-16(12)19-10-18-15/h3-8,10,13H,9H2,1-2H3,(H,18,19,20). The summed E-state index contributed by atoms with van der Waals surface area (Å²) >= 11 is 1.63. The fourth-order valence-electron chi connectivity index (χ4n) is 3.00. The summed E-state index contributed by atoms with van der Waals surface area (Å²) in [5.74, 6) is 1.84. The molecule has 1 aliphatic heterocycles. The molecule has 0 saturated carbocycles. The highest BCUT2D eigenvalue weighted by Crippen LogP contribution is 2.41. The second-order valence-corrected chi connectivity index (χ2v) is 7.06. The molecule has 0 amide bonds. The van der Waals surface area contributed by atoms with E-state index in [1.165, 1.54) is 5.56 Å². The van der Waals surface area contributed by atoms with Crippen molar-refractivity contribution in [2.75, 3.05) is 5.32 Å². The van der Waals surface area contributed by atoms with Crippen molar-refractivity contribution >= 4 is 27.4 Å². The van der Waals surface area contributed by atoms with E-state index in [-0.39, 0.29) is 11.6 Å². The Morgan fingerprint density at radius 1 is 1.23 bits per heavy atom. The van der Waals surface area contributed by atoms with Crippen molar-refractivity contribution in [3.8, 4) is 5.75 Å². The first-order valence-corrected chi connectivity index (χ1v) is 8.23. The molecule has 3 heterocycles. The summed E-state index contributed by atoms with van der Waals surface area (Å²) in [6, 6.07) is 10.5. The van der Waals surface area contributed by atoms with Crippen LogP contribution in [0.2, 0.25) is 0 Å². The van der Waals surface area contributed by atoms with Crippen LogP contribution in [0.25, 0.3) is 10.2 Å². The van der Waals surface area contributed by atoms with E-state index in [0.717, 1.165) is 28.2 Å². The Morgan fingerprint density at radius 2 is 2.09 bits per heavy atom. The van der Waals surface area contributed by atoms with E-state index in [0.29, 0.717) is 0 Å².